The summed E-state index contributed by atoms with van der Waals surface area (Å²) in [6.45, 7) is 6.77. The first-order chi connectivity index (χ1) is 18.1. The van der Waals surface area contributed by atoms with Crippen LogP contribution in [0.2, 0.25) is 0 Å². The van der Waals surface area contributed by atoms with E-state index < -0.39 is 0 Å². The molecule has 3 aliphatic rings. The van der Waals surface area contributed by atoms with Gasteiger partial charge in [0, 0.05) is 54.7 Å². The molecule has 1 saturated heterocycles. The zero-order chi connectivity index (χ0) is 25.4. The molecule has 6 rings (SSSR count). The molecule has 0 spiro atoms. The van der Waals surface area contributed by atoms with Crippen molar-refractivity contribution in [3.63, 3.8) is 0 Å². The summed E-state index contributed by atoms with van der Waals surface area (Å²) in [4.78, 5) is 38.9. The number of nitrogens with one attached hydrogen (secondary N) is 2. The Labute approximate surface area is 217 Å². The third-order valence-electron chi connectivity index (χ3n) is 7.96. The number of aromatic nitrogens is 2. The fourth-order valence-corrected chi connectivity index (χ4v) is 5.97. The van der Waals surface area contributed by atoms with Gasteiger partial charge in [0.25, 0.3) is 11.8 Å². The van der Waals surface area contributed by atoms with Crippen molar-refractivity contribution in [2.45, 2.75) is 39.0 Å². The number of aryl methyl sites for hydroxylation is 1. The van der Waals surface area contributed by atoms with Gasteiger partial charge in [0.2, 0.25) is 0 Å². The van der Waals surface area contributed by atoms with Crippen molar-refractivity contribution in [1.82, 2.24) is 19.8 Å². The Morgan fingerprint density at radius 1 is 0.946 bits per heavy atom. The Balaban J connectivity index is 1.32. The molecule has 5 heterocycles. The summed E-state index contributed by atoms with van der Waals surface area (Å²) >= 11 is 0. The number of amides is 2. The van der Waals surface area contributed by atoms with Crippen LogP contribution in [-0.2, 0) is 11.2 Å². The van der Waals surface area contributed by atoms with E-state index in [1.54, 1.807) is 12.4 Å². The molecule has 1 aromatic carbocycles. The minimum absolute atomic E-state index is 0.108. The molecular weight excluding hydrogens is 462 g/mol. The molecule has 0 saturated carbocycles. The molecule has 2 N–H and O–H groups in total. The molecule has 0 radical (unpaired) electrons. The van der Waals surface area contributed by atoms with Crippen LogP contribution in [0.25, 0.3) is 22.8 Å². The number of carbonyl (C=O) groups is 2. The maximum Gasteiger partial charge on any atom is 0.256 e. The number of fused-ring (bicyclic) bond motifs is 2. The van der Waals surface area contributed by atoms with Crippen molar-refractivity contribution in [3.8, 4) is 11.1 Å². The number of hydrogen-bond acceptors (Lipinski definition) is 4. The predicted molar refractivity (Wildman–Crippen MR) is 146 cm³/mol. The lowest BCUT2D eigenvalue weighted by Crippen LogP contribution is -2.40. The highest BCUT2D eigenvalue weighted by Gasteiger charge is 2.30. The lowest BCUT2D eigenvalue weighted by Gasteiger charge is -2.29. The van der Waals surface area contributed by atoms with Gasteiger partial charge in [0.05, 0.1) is 11.1 Å². The largest absolute Gasteiger partial charge is 0.358 e. The summed E-state index contributed by atoms with van der Waals surface area (Å²) in [5.41, 5.74) is 7.80. The number of carbonyl (C=O) groups excluding carboxylic acids is 2. The van der Waals surface area contributed by atoms with Gasteiger partial charge < -0.3 is 20.1 Å². The number of hydrogen-bond donors (Lipinski definition) is 2. The lowest BCUT2D eigenvalue weighted by molar-refractivity contribution is -0.110. The van der Waals surface area contributed by atoms with Crippen molar-refractivity contribution in [2.75, 3.05) is 38.0 Å². The van der Waals surface area contributed by atoms with Gasteiger partial charge in [-0.2, -0.15) is 0 Å². The van der Waals surface area contributed by atoms with Crippen molar-refractivity contribution in [3.05, 3.63) is 70.8 Å². The summed E-state index contributed by atoms with van der Waals surface area (Å²) < 4.78 is 0. The average Bonchev–Trinajstić information content (AvgIpc) is 3.36. The van der Waals surface area contributed by atoms with Gasteiger partial charge in [0.15, 0.2) is 0 Å². The van der Waals surface area contributed by atoms with E-state index in [9.17, 15) is 9.59 Å². The Hall–Kier alpha value is -3.71. The van der Waals surface area contributed by atoms with Gasteiger partial charge in [-0.05, 0) is 86.7 Å². The smallest absolute Gasteiger partial charge is 0.256 e. The van der Waals surface area contributed by atoms with Gasteiger partial charge in [0.1, 0.15) is 0 Å². The van der Waals surface area contributed by atoms with Crippen LogP contribution in [0.4, 0.5) is 5.69 Å². The Bertz CT molecular complexity index is 1370. The zero-order valence-corrected chi connectivity index (χ0v) is 21.3. The molecule has 0 atom stereocenters. The number of nitrogens with zero attached hydrogens (tertiary/aromatic N) is 3. The van der Waals surface area contributed by atoms with Gasteiger partial charge in [-0.1, -0.05) is 18.6 Å². The second kappa shape index (κ2) is 9.98. The van der Waals surface area contributed by atoms with E-state index in [0.29, 0.717) is 5.57 Å². The number of rotatable bonds is 5. The van der Waals surface area contributed by atoms with Crippen LogP contribution in [0.3, 0.4) is 0 Å². The van der Waals surface area contributed by atoms with E-state index in [1.807, 2.05) is 48.2 Å². The molecule has 7 heteroatoms. The highest BCUT2D eigenvalue weighted by atomic mass is 16.2. The van der Waals surface area contributed by atoms with Crippen LogP contribution < -0.4 is 5.32 Å². The number of H-pyrrole nitrogens is 1. The molecule has 0 bridgehead atoms. The van der Waals surface area contributed by atoms with Crippen molar-refractivity contribution < 1.29 is 9.59 Å². The molecule has 37 heavy (non-hydrogen) atoms. The first kappa shape index (κ1) is 23.7. The Kier molecular flexibility index (Phi) is 6.38. The molecule has 3 aromatic rings. The van der Waals surface area contributed by atoms with Gasteiger partial charge in [-0.25, -0.2) is 0 Å². The maximum absolute atomic E-state index is 13.7. The molecule has 0 unspecified atom stereocenters. The zero-order valence-electron chi connectivity index (χ0n) is 21.3. The number of likely N-dealkylation sites (tertiary alicyclic amines) is 1. The molecule has 1 fully saturated rings. The second-order valence-electron chi connectivity index (χ2n) is 10.3. The van der Waals surface area contributed by atoms with E-state index in [2.05, 4.69) is 20.2 Å². The molecule has 0 aliphatic carbocycles. The van der Waals surface area contributed by atoms with E-state index in [4.69, 9.17) is 0 Å². The van der Waals surface area contributed by atoms with Gasteiger partial charge in [-0.15, -0.1) is 0 Å². The third-order valence-corrected chi connectivity index (χ3v) is 7.96. The number of anilines is 1. The molecule has 7 nitrogen and oxygen atoms in total. The van der Waals surface area contributed by atoms with Gasteiger partial charge in [-0.3, -0.25) is 14.6 Å². The molecule has 190 valence electrons. The summed E-state index contributed by atoms with van der Waals surface area (Å²) in [6, 6.07) is 9.82. The van der Waals surface area contributed by atoms with Crippen molar-refractivity contribution in [1.29, 1.82) is 0 Å². The molecule has 2 amide bonds. The third kappa shape index (κ3) is 4.48. The number of aromatic amines is 1. The van der Waals surface area contributed by atoms with Crippen LogP contribution in [-0.4, -0.2) is 64.3 Å². The number of pyridine rings is 1. The quantitative estimate of drug-likeness (QED) is 0.501. The summed E-state index contributed by atoms with van der Waals surface area (Å²) in [6.07, 6.45) is 11.0. The molecule has 3 aliphatic heterocycles. The summed E-state index contributed by atoms with van der Waals surface area (Å²) in [5, 5.41) is 3.02. The maximum atomic E-state index is 13.7. The number of benzene rings is 1. The first-order valence-corrected chi connectivity index (χ1v) is 13.4. The van der Waals surface area contributed by atoms with E-state index in [1.165, 1.54) is 19.3 Å². The average molecular weight is 496 g/mol. The van der Waals surface area contributed by atoms with E-state index in [-0.39, 0.29) is 11.8 Å². The topological polar surface area (TPSA) is 81.3 Å². The van der Waals surface area contributed by atoms with Crippen molar-refractivity contribution in [2.24, 2.45) is 0 Å². The lowest BCUT2D eigenvalue weighted by atomic mass is 9.94. The first-order valence-electron chi connectivity index (χ1n) is 13.4. The molecular formula is C30H33N5O2. The number of piperidine rings is 1. The summed E-state index contributed by atoms with van der Waals surface area (Å²) in [7, 11) is 0. The minimum Gasteiger partial charge on any atom is -0.358 e. The van der Waals surface area contributed by atoms with Crippen molar-refractivity contribution >= 4 is 29.2 Å². The molecule has 2 aromatic heterocycles. The second-order valence-corrected chi connectivity index (χ2v) is 10.3. The van der Waals surface area contributed by atoms with Crippen LogP contribution >= 0.6 is 0 Å². The van der Waals surface area contributed by atoms with Crippen LogP contribution in [0, 0.1) is 6.92 Å². The van der Waals surface area contributed by atoms with Gasteiger partial charge >= 0.3 is 0 Å². The standard InChI is InChI=1S/C30H33N5O2/c1-20-26(19-23-28-22(21-10-12-31-13-11-21)7-5-8-25(28)33-29(23)36)32-24-9-6-16-35(30(37)27(20)24)18-17-34-14-3-2-4-15-34/h5,7-8,10-13,19,32H,2-4,6,9,14-18H2,1H3,(H,33,36). The SMILES string of the molecule is Cc1c(C=C2C(=O)Nc3cccc(-c4ccncc4)c32)[nH]c2c1C(=O)N(CCN1CCCCC1)CCC2. The minimum atomic E-state index is -0.129. The Morgan fingerprint density at radius 3 is 2.57 bits per heavy atom. The van der Waals surface area contributed by atoms with E-state index in [0.717, 1.165) is 90.5 Å². The fourth-order valence-electron chi connectivity index (χ4n) is 5.97. The highest BCUT2D eigenvalue weighted by molar-refractivity contribution is 6.36. The van der Waals surface area contributed by atoms with E-state index >= 15 is 0 Å². The van der Waals surface area contributed by atoms with Crippen LogP contribution in [0.1, 0.15) is 58.6 Å². The Morgan fingerprint density at radius 2 is 1.76 bits per heavy atom. The highest BCUT2D eigenvalue weighted by Crippen LogP contribution is 2.40. The summed E-state index contributed by atoms with van der Waals surface area (Å²) in [5.74, 6) is -0.0214. The fraction of sp³-hybridized carbons (Fsp3) is 0.367. The monoisotopic (exact) mass is 495 g/mol. The van der Waals surface area contributed by atoms with Crippen LogP contribution in [0.15, 0.2) is 42.7 Å². The normalized spacial score (nSPS) is 19.1. The van der Waals surface area contributed by atoms with Crippen LogP contribution in [0.5, 0.6) is 0 Å². The predicted octanol–water partition coefficient (Wildman–Crippen LogP) is 4.75.